The summed E-state index contributed by atoms with van der Waals surface area (Å²) in [5.41, 5.74) is 2.70. The third kappa shape index (κ3) is 3.76. The number of hydrogen-bond acceptors (Lipinski definition) is 2. The van der Waals surface area contributed by atoms with E-state index in [0.29, 0.717) is 12.2 Å². The lowest BCUT2D eigenvalue weighted by molar-refractivity contribution is -0.137. The van der Waals surface area contributed by atoms with Gasteiger partial charge in [0.25, 0.3) is 0 Å². The second-order valence-corrected chi connectivity index (χ2v) is 4.16. The molecule has 18 heavy (non-hydrogen) atoms. The summed E-state index contributed by atoms with van der Waals surface area (Å²) in [5, 5.41) is 11.4. The number of nitrogens with one attached hydrogen (secondary N) is 1. The Balaban J connectivity index is 2.79. The van der Waals surface area contributed by atoms with E-state index in [1.165, 1.54) is 4.90 Å². The lowest BCUT2D eigenvalue weighted by atomic mass is 10.1. The minimum atomic E-state index is -1.02. The number of benzene rings is 1. The van der Waals surface area contributed by atoms with E-state index in [1.807, 2.05) is 32.0 Å². The first-order valence-corrected chi connectivity index (χ1v) is 5.79. The molecule has 5 heteroatoms. The number of carboxylic acids is 1. The minimum Gasteiger partial charge on any atom is -0.480 e. The van der Waals surface area contributed by atoms with Gasteiger partial charge in [0, 0.05) is 12.2 Å². The van der Waals surface area contributed by atoms with E-state index in [4.69, 9.17) is 5.11 Å². The summed E-state index contributed by atoms with van der Waals surface area (Å²) in [6, 6.07) is 5.34. The van der Waals surface area contributed by atoms with E-state index in [0.717, 1.165) is 11.1 Å². The number of anilines is 1. The first-order valence-electron chi connectivity index (χ1n) is 5.79. The van der Waals surface area contributed by atoms with Gasteiger partial charge in [-0.1, -0.05) is 12.1 Å². The van der Waals surface area contributed by atoms with Gasteiger partial charge in [0.15, 0.2) is 0 Å². The van der Waals surface area contributed by atoms with Gasteiger partial charge in [-0.25, -0.2) is 4.79 Å². The Morgan fingerprint density at radius 2 is 2.00 bits per heavy atom. The van der Waals surface area contributed by atoms with Crippen LogP contribution in [0.25, 0.3) is 0 Å². The second kappa shape index (κ2) is 6.05. The molecule has 2 N–H and O–H groups in total. The summed E-state index contributed by atoms with van der Waals surface area (Å²) >= 11 is 0. The van der Waals surface area contributed by atoms with Gasteiger partial charge in [-0.15, -0.1) is 0 Å². The number of aliphatic carboxylic acids is 1. The summed E-state index contributed by atoms with van der Waals surface area (Å²) in [5.74, 6) is -1.02. The van der Waals surface area contributed by atoms with Gasteiger partial charge in [-0.2, -0.15) is 0 Å². The van der Waals surface area contributed by atoms with E-state index in [-0.39, 0.29) is 6.54 Å². The SMILES string of the molecule is CCN(CC(=O)O)C(=O)Nc1cc(C)ccc1C. The quantitative estimate of drug-likeness (QED) is 0.861. The van der Waals surface area contributed by atoms with Crippen molar-refractivity contribution in [2.24, 2.45) is 0 Å². The zero-order chi connectivity index (χ0) is 13.7. The molecule has 0 saturated carbocycles. The molecule has 1 aromatic rings. The summed E-state index contributed by atoms with van der Waals surface area (Å²) < 4.78 is 0. The first kappa shape index (κ1) is 14.0. The Morgan fingerprint density at radius 1 is 1.33 bits per heavy atom. The summed E-state index contributed by atoms with van der Waals surface area (Å²) in [6.45, 7) is 5.62. The molecule has 0 aliphatic rings. The first-order chi connectivity index (χ1) is 8.43. The van der Waals surface area contributed by atoms with Gasteiger partial charge in [-0.3, -0.25) is 4.79 Å². The number of likely N-dealkylation sites (N-methyl/N-ethyl adjacent to an activating group) is 1. The van der Waals surface area contributed by atoms with E-state index >= 15 is 0 Å². The number of aryl methyl sites for hydroxylation is 2. The van der Waals surface area contributed by atoms with Crippen LogP contribution < -0.4 is 5.32 Å². The standard InChI is InChI=1S/C13H18N2O3/c1-4-15(8-12(16)17)13(18)14-11-7-9(2)5-6-10(11)3/h5-7H,4,8H2,1-3H3,(H,14,18)(H,16,17). The van der Waals surface area contributed by atoms with E-state index in [2.05, 4.69) is 5.32 Å². The zero-order valence-corrected chi connectivity index (χ0v) is 10.9. The van der Waals surface area contributed by atoms with Crippen LogP contribution in [0, 0.1) is 13.8 Å². The van der Waals surface area contributed by atoms with Crippen molar-refractivity contribution < 1.29 is 14.7 Å². The van der Waals surface area contributed by atoms with Crippen LogP contribution in [0.5, 0.6) is 0 Å². The fourth-order valence-electron chi connectivity index (χ4n) is 1.56. The number of hydrogen-bond donors (Lipinski definition) is 2. The lowest BCUT2D eigenvalue weighted by Crippen LogP contribution is -2.38. The number of nitrogens with zero attached hydrogens (tertiary/aromatic N) is 1. The van der Waals surface area contributed by atoms with Crippen LogP contribution in [0.2, 0.25) is 0 Å². The Hall–Kier alpha value is -2.04. The molecule has 0 spiro atoms. The van der Waals surface area contributed by atoms with Crippen molar-refractivity contribution in [3.8, 4) is 0 Å². The molecule has 0 unspecified atom stereocenters. The molecule has 0 fully saturated rings. The normalized spacial score (nSPS) is 9.94. The van der Waals surface area contributed by atoms with Crippen LogP contribution in [-0.2, 0) is 4.79 Å². The van der Waals surface area contributed by atoms with E-state index in [9.17, 15) is 9.59 Å². The number of urea groups is 1. The molecule has 0 aromatic heterocycles. The molecule has 0 atom stereocenters. The number of carboxylic acid groups (broad SMARTS) is 1. The molecule has 5 nitrogen and oxygen atoms in total. The number of rotatable bonds is 4. The highest BCUT2D eigenvalue weighted by Gasteiger charge is 2.15. The maximum Gasteiger partial charge on any atom is 0.323 e. The van der Waals surface area contributed by atoms with Crippen molar-refractivity contribution in [3.63, 3.8) is 0 Å². The smallest absolute Gasteiger partial charge is 0.323 e. The fraction of sp³-hybridized carbons (Fsp3) is 0.385. The predicted octanol–water partition coefficient (Wildman–Crippen LogP) is 2.24. The highest BCUT2D eigenvalue weighted by molar-refractivity contribution is 5.92. The Morgan fingerprint density at radius 3 is 2.56 bits per heavy atom. The third-order valence-corrected chi connectivity index (χ3v) is 2.63. The van der Waals surface area contributed by atoms with Crippen molar-refractivity contribution in [1.82, 2.24) is 4.90 Å². The highest BCUT2D eigenvalue weighted by Crippen LogP contribution is 2.16. The topological polar surface area (TPSA) is 69.6 Å². The Kier molecular flexibility index (Phi) is 4.71. The van der Waals surface area contributed by atoms with E-state index in [1.54, 1.807) is 6.92 Å². The van der Waals surface area contributed by atoms with Crippen molar-refractivity contribution in [1.29, 1.82) is 0 Å². The monoisotopic (exact) mass is 250 g/mol. The average Bonchev–Trinajstić information content (AvgIpc) is 2.30. The molecule has 0 saturated heterocycles. The van der Waals surface area contributed by atoms with Gasteiger partial charge in [0.05, 0.1) is 0 Å². The largest absolute Gasteiger partial charge is 0.480 e. The second-order valence-electron chi connectivity index (χ2n) is 4.16. The van der Waals surface area contributed by atoms with Crippen molar-refractivity contribution in [2.45, 2.75) is 20.8 Å². The molecule has 98 valence electrons. The number of amides is 2. The van der Waals surface area contributed by atoms with Crippen molar-refractivity contribution in [3.05, 3.63) is 29.3 Å². The molecule has 1 aromatic carbocycles. The molecule has 0 aliphatic carbocycles. The maximum atomic E-state index is 11.9. The van der Waals surface area contributed by atoms with Crippen molar-refractivity contribution in [2.75, 3.05) is 18.4 Å². The van der Waals surface area contributed by atoms with Crippen LogP contribution in [0.15, 0.2) is 18.2 Å². The van der Waals surface area contributed by atoms with Crippen LogP contribution in [-0.4, -0.2) is 35.1 Å². The molecule has 0 radical (unpaired) electrons. The third-order valence-electron chi connectivity index (χ3n) is 2.63. The van der Waals surface area contributed by atoms with Crippen LogP contribution in [0.3, 0.4) is 0 Å². The predicted molar refractivity (Wildman–Crippen MR) is 69.8 cm³/mol. The van der Waals surface area contributed by atoms with Crippen LogP contribution in [0.1, 0.15) is 18.1 Å². The molecule has 0 bridgehead atoms. The minimum absolute atomic E-state index is 0.298. The number of carbonyl (C=O) groups is 2. The highest BCUT2D eigenvalue weighted by atomic mass is 16.4. The van der Waals surface area contributed by atoms with Crippen molar-refractivity contribution >= 4 is 17.7 Å². The van der Waals surface area contributed by atoms with E-state index < -0.39 is 12.0 Å². The summed E-state index contributed by atoms with van der Waals surface area (Å²) in [6.07, 6.45) is 0. The molecule has 0 heterocycles. The number of carbonyl (C=O) groups excluding carboxylic acids is 1. The van der Waals surface area contributed by atoms with Gasteiger partial charge in [0.2, 0.25) is 0 Å². The summed E-state index contributed by atoms with van der Waals surface area (Å²) in [4.78, 5) is 23.8. The molecule has 1 rings (SSSR count). The lowest BCUT2D eigenvalue weighted by Gasteiger charge is -2.20. The fourth-order valence-corrected chi connectivity index (χ4v) is 1.56. The molecular weight excluding hydrogens is 232 g/mol. The van der Waals surface area contributed by atoms with Crippen LogP contribution >= 0.6 is 0 Å². The van der Waals surface area contributed by atoms with Gasteiger partial charge in [-0.05, 0) is 38.0 Å². The summed E-state index contributed by atoms with van der Waals surface area (Å²) in [7, 11) is 0. The van der Waals surface area contributed by atoms with Gasteiger partial charge < -0.3 is 15.3 Å². The van der Waals surface area contributed by atoms with Gasteiger partial charge in [0.1, 0.15) is 6.54 Å². The Bertz CT molecular complexity index is 458. The zero-order valence-electron chi connectivity index (χ0n) is 10.9. The maximum absolute atomic E-state index is 11.9. The molecule has 0 aliphatic heterocycles. The Labute approximate surface area is 106 Å². The molecular formula is C13H18N2O3. The average molecular weight is 250 g/mol. The van der Waals surface area contributed by atoms with Gasteiger partial charge >= 0.3 is 12.0 Å². The molecule has 2 amide bonds. The van der Waals surface area contributed by atoms with Crippen LogP contribution in [0.4, 0.5) is 10.5 Å².